The van der Waals surface area contributed by atoms with Crippen LogP contribution in [0.5, 0.6) is 0 Å². The van der Waals surface area contributed by atoms with Gasteiger partial charge in [-0.05, 0) is 19.8 Å². The molecule has 0 aromatic carbocycles. The van der Waals surface area contributed by atoms with Crippen molar-refractivity contribution in [1.29, 1.82) is 0 Å². The van der Waals surface area contributed by atoms with Crippen LogP contribution in [0.2, 0.25) is 0 Å². The van der Waals surface area contributed by atoms with Crippen molar-refractivity contribution >= 4 is 156 Å². The Kier molecular flexibility index (Phi) is 31.4. The van der Waals surface area contributed by atoms with Gasteiger partial charge >= 0.3 is 93.9 Å². The molecule has 67 nitrogen and oxygen atoms in total. The Morgan fingerprint density at radius 1 is 0.342 bits per heavy atom. The number of fused-ring (bicyclic) bond motifs is 4. The highest BCUT2D eigenvalue weighted by Crippen LogP contribution is 2.70. The van der Waals surface area contributed by atoms with Crippen LogP contribution in [-0.4, -0.2) is 252 Å². The number of aryl methyl sites for hydroxylation is 1. The second-order valence-corrected chi connectivity index (χ2v) is 41.5. The number of phosphoric acid groups is 12. The number of anilines is 3. The third kappa shape index (κ3) is 28.2. The zero-order chi connectivity index (χ0) is 89.3. The normalized spacial score (nSPS) is 26.5. The van der Waals surface area contributed by atoms with Crippen molar-refractivity contribution in [2.75, 3.05) is 43.6 Å². The SMILES string of the molecule is Cc1ncnc2c1ncn2C1CC(O)C(COP(=O)(O)OP(=O)(O)OP(=O)(O)O)O1.Nc1ncnc2c1ncn2C1CCC(COP(=O)(O)OP(=O)(O)OP(=O)(O)O)O1.Nc1ncnc2c1ncn2C1OC(COP(=O)(O)OP(=O)(O)OP(=O)(O)O)C(O)C1O.Nc1ncnc2c1ncn2C1OC(COP(=O)(O)OP(=O)(O)OP(=O)(O)O)CC1O. The highest BCUT2D eigenvalue weighted by molar-refractivity contribution is 7.68. The monoisotopic (exact) mass is 1960 g/mol. The van der Waals surface area contributed by atoms with Gasteiger partial charge in [0.15, 0.2) is 52.5 Å². The first-order valence-corrected chi connectivity index (χ1v) is 49.6. The number of nitrogen functional groups attached to an aromatic ring is 3. The smallest absolute Gasteiger partial charge is 0.390 e. The molecule has 672 valence electrons. The number of imidazole rings is 4. The predicted octanol–water partition coefficient (Wildman–Crippen LogP) is -1.67. The van der Waals surface area contributed by atoms with Crippen molar-refractivity contribution in [2.24, 2.45) is 0 Å². The minimum absolute atomic E-state index is 0.0406. The molecule has 0 amide bonds. The number of nitrogens with two attached hydrogens (primary N) is 3. The van der Waals surface area contributed by atoms with E-state index in [0.29, 0.717) is 40.9 Å². The molecular weight excluding hydrogens is 1900 g/mol. The first-order chi connectivity index (χ1) is 55.1. The lowest BCUT2D eigenvalue weighted by Crippen LogP contribution is -2.33. The summed E-state index contributed by atoms with van der Waals surface area (Å²) in [5.74, 6) is 0.340. The molecule has 0 saturated carbocycles. The number of aliphatic hydroxyl groups excluding tert-OH is 4. The Morgan fingerprint density at radius 3 is 1.10 bits per heavy atom. The van der Waals surface area contributed by atoms with E-state index in [1.54, 1.807) is 11.5 Å². The number of rotatable bonds is 32. The largest absolute Gasteiger partial charge is 0.490 e. The number of aromatic nitrogens is 16. The molecule has 8 aromatic rings. The van der Waals surface area contributed by atoms with Gasteiger partial charge in [0, 0.05) is 12.8 Å². The summed E-state index contributed by atoms with van der Waals surface area (Å²) in [6, 6.07) is 0. The van der Waals surface area contributed by atoms with Crippen molar-refractivity contribution in [1.82, 2.24) is 78.1 Å². The molecule has 0 aliphatic carbocycles. The van der Waals surface area contributed by atoms with Crippen LogP contribution in [0, 0.1) is 6.92 Å². The van der Waals surface area contributed by atoms with Gasteiger partial charge in [-0.2, -0.15) is 34.5 Å². The third-order valence-electron chi connectivity index (χ3n) is 15.0. The number of hydrogen-bond acceptors (Lipinski definition) is 47. The lowest BCUT2D eigenvalue weighted by molar-refractivity contribution is -0.0503. The molecule has 120 heavy (non-hydrogen) atoms. The van der Waals surface area contributed by atoms with Crippen LogP contribution in [0.4, 0.5) is 17.5 Å². The molecule has 0 spiro atoms. The summed E-state index contributed by atoms with van der Waals surface area (Å²) >= 11 is 0. The molecule has 0 bridgehead atoms. The first-order valence-electron chi connectivity index (χ1n) is 31.5. The Labute approximate surface area is 663 Å². The maximum Gasteiger partial charge on any atom is 0.490 e. The van der Waals surface area contributed by atoms with Gasteiger partial charge in [0.05, 0.1) is 75.7 Å². The van der Waals surface area contributed by atoms with Gasteiger partial charge < -0.3 is 135 Å². The summed E-state index contributed by atoms with van der Waals surface area (Å²) in [6.07, 6.45) is -2.38. The molecule has 20 atom stereocenters. The number of aliphatic hydroxyl groups is 4. The van der Waals surface area contributed by atoms with Crippen molar-refractivity contribution < 1.29 is 225 Å². The number of ether oxygens (including phenoxy) is 4. The minimum Gasteiger partial charge on any atom is -0.390 e. The fourth-order valence-corrected chi connectivity index (χ4v) is 22.7. The average Bonchev–Trinajstić information content (AvgIpc) is 1.63. The summed E-state index contributed by atoms with van der Waals surface area (Å²) in [7, 11) is -65.7. The Balaban J connectivity index is 0.000000182. The van der Waals surface area contributed by atoms with E-state index in [4.69, 9.17) is 94.9 Å². The van der Waals surface area contributed by atoms with Gasteiger partial charge in [-0.1, -0.05) is 0 Å². The predicted molar refractivity (Wildman–Crippen MR) is 377 cm³/mol. The van der Waals surface area contributed by atoms with E-state index in [1.807, 2.05) is 0 Å². The number of phosphoric ester groups is 4. The van der Waals surface area contributed by atoms with Crippen LogP contribution in [0.1, 0.15) is 56.3 Å². The molecule has 20 unspecified atom stereocenters. The summed E-state index contributed by atoms with van der Waals surface area (Å²) in [5, 5.41) is 40.8. The van der Waals surface area contributed by atoms with E-state index >= 15 is 0 Å². The van der Waals surface area contributed by atoms with E-state index in [0.717, 1.165) is 6.33 Å². The van der Waals surface area contributed by atoms with Crippen LogP contribution < -0.4 is 17.2 Å². The van der Waals surface area contributed by atoms with Gasteiger partial charge in [0.2, 0.25) is 0 Å². The highest BCUT2D eigenvalue weighted by atomic mass is 31.3. The standard InChI is InChI=1S/C11H17N4O12P3.C10H16N5O13P3.C10H16N5O12P3.C10H16N5O11P3/c1-6-10-11(13-4-12-6)15(5-14-10)9-2-7(16)8(25-9)3-24-29(20,21)27-30(22,23)26-28(17,18)19;11-8-5-9(13-2-12-8)15(3-14-5)10-7(17)6(16)4(26-10)1-25-30(21,22)28-31(23,24)27-29(18,19)20;11-8-7-9(13-3-12-8)15(4-14-7)10-6(16)1-5(25-10)2-24-29(20,21)27-30(22,23)26-28(17,18)19;11-9-8-10(13-4-12-9)15(5-14-8)7-2-1-6(24-7)3-23-28(19,20)26-29(21,22)25-27(16,17)18/h4-5,7-9,16H,2-3H2,1H3,(H,20,21)(H,22,23)(H2,17,18,19);2-4,6-7,10,16-17H,1H2,(H,21,22)(H,23,24)(H2,11,12,13)(H2,18,19,20);3-6,10,16H,1-2H2,(H,20,21)(H,22,23)(H2,11,12,13)(H2,17,18,19);4-7H,1-3H2,(H,19,20)(H,21,22)(H2,11,12,13)(H2,16,17,18). The minimum atomic E-state index is -5.70. The maximum absolute atomic E-state index is 11.8. The fraction of sp³-hybridized carbons (Fsp3) is 0.512. The van der Waals surface area contributed by atoms with Crippen molar-refractivity contribution in [2.45, 2.75) is 106 Å². The number of hydrogen-bond donors (Lipinski definition) is 23. The maximum atomic E-state index is 11.8. The zero-order valence-corrected chi connectivity index (χ0v) is 69.6. The Hall–Kier alpha value is -5.08. The Bertz CT molecular complexity index is 5630. The average molecular weight is 1960 g/mol. The van der Waals surface area contributed by atoms with Gasteiger partial charge in [-0.15, -0.1) is 0 Å². The molecule has 12 rings (SSSR count). The molecule has 4 fully saturated rings. The van der Waals surface area contributed by atoms with Crippen LogP contribution in [0.25, 0.3) is 44.7 Å². The molecule has 4 saturated heterocycles. The van der Waals surface area contributed by atoms with E-state index < -0.39 is 194 Å². The van der Waals surface area contributed by atoms with Gasteiger partial charge in [0.25, 0.3) is 0 Å². The van der Waals surface area contributed by atoms with Gasteiger partial charge in [0.1, 0.15) is 90.4 Å². The molecule has 0 radical (unpaired) electrons. The molecule has 26 N–H and O–H groups in total. The summed E-state index contributed by atoms with van der Waals surface area (Å²) in [4.78, 5) is 190. The van der Waals surface area contributed by atoms with E-state index in [1.165, 1.54) is 58.0 Å². The van der Waals surface area contributed by atoms with Crippen molar-refractivity contribution in [3.8, 4) is 0 Å². The van der Waals surface area contributed by atoms with Crippen LogP contribution in [0.3, 0.4) is 0 Å². The molecule has 8 aromatic heterocycles. The summed E-state index contributed by atoms with van der Waals surface area (Å²) < 4.78 is 209. The second kappa shape index (κ2) is 38.2. The molecule has 79 heteroatoms. The van der Waals surface area contributed by atoms with Gasteiger partial charge in [-0.3, -0.25) is 36.4 Å². The molecule has 4 aliphatic rings. The van der Waals surface area contributed by atoms with Crippen molar-refractivity contribution in [3.63, 3.8) is 0 Å². The highest BCUT2D eigenvalue weighted by Gasteiger charge is 2.50. The van der Waals surface area contributed by atoms with Crippen LogP contribution in [-0.2, 0) is 126 Å². The van der Waals surface area contributed by atoms with E-state index in [-0.39, 0.29) is 52.6 Å². The molecular formula is C41H65N19O48P12. The van der Waals surface area contributed by atoms with Crippen LogP contribution >= 0.6 is 93.9 Å². The fourth-order valence-electron chi connectivity index (χ4n) is 10.5. The van der Waals surface area contributed by atoms with Crippen molar-refractivity contribution in [3.05, 3.63) is 56.3 Å². The molecule has 12 heterocycles. The summed E-state index contributed by atoms with van der Waals surface area (Å²) in [5.41, 5.74) is 20.3. The quantitative estimate of drug-likeness (QED) is 0.0210. The second-order valence-electron chi connectivity index (χ2n) is 23.8. The van der Waals surface area contributed by atoms with Crippen LogP contribution in [0.15, 0.2) is 50.6 Å². The molecule has 4 aliphatic heterocycles. The first kappa shape index (κ1) is 98.7. The van der Waals surface area contributed by atoms with Gasteiger partial charge in [-0.25, -0.2) is 115 Å². The Morgan fingerprint density at radius 2 is 0.683 bits per heavy atom. The lowest BCUT2D eigenvalue weighted by Gasteiger charge is -2.19. The number of nitrogens with zero attached hydrogens (tertiary/aromatic N) is 16. The third-order valence-corrected chi connectivity index (χ3v) is 30.2. The van der Waals surface area contributed by atoms with E-state index in [9.17, 15) is 94.8 Å². The summed E-state index contributed by atoms with van der Waals surface area (Å²) in [6.45, 7) is -1.20. The van der Waals surface area contributed by atoms with E-state index in [2.05, 4.69) is 112 Å². The lowest BCUT2D eigenvalue weighted by atomic mass is 10.1. The zero-order valence-electron chi connectivity index (χ0n) is 58.8. The topological polar surface area (TPSA) is 1010 Å².